The molecule has 0 aliphatic carbocycles. The molecule has 0 radical (unpaired) electrons. The van der Waals surface area contributed by atoms with Crippen LogP contribution in [-0.2, 0) is 4.74 Å². The van der Waals surface area contributed by atoms with Gasteiger partial charge in [0.1, 0.15) is 0 Å². The summed E-state index contributed by atoms with van der Waals surface area (Å²) in [6.07, 6.45) is 1.58. The molecule has 6 nitrogen and oxygen atoms in total. The Bertz CT molecular complexity index is 577. The maximum absolute atomic E-state index is 11.4. The van der Waals surface area contributed by atoms with Gasteiger partial charge in [0.15, 0.2) is 17.3 Å². The maximum atomic E-state index is 11.4. The number of ether oxygens (including phenoxy) is 2. The van der Waals surface area contributed by atoms with Crippen LogP contribution in [0.4, 0.5) is 0 Å². The van der Waals surface area contributed by atoms with Gasteiger partial charge in [0.25, 0.3) is 0 Å². The second-order valence-corrected chi connectivity index (χ2v) is 3.49. The number of carbonyl (C=O) groups is 1. The largest absolute Gasteiger partial charge is 0.480 e. The lowest BCUT2D eigenvalue weighted by Gasteiger charge is -2.06. The van der Waals surface area contributed by atoms with E-state index in [-0.39, 0.29) is 11.6 Å². The van der Waals surface area contributed by atoms with E-state index in [4.69, 9.17) is 9.15 Å². The molecule has 0 saturated heterocycles. The number of nitrogens with zero attached hydrogens (tertiary/aromatic N) is 2. The molecule has 2 rings (SSSR count). The summed E-state index contributed by atoms with van der Waals surface area (Å²) in [4.78, 5) is 19.4. The fourth-order valence-corrected chi connectivity index (χ4v) is 1.49. The van der Waals surface area contributed by atoms with Gasteiger partial charge in [-0.1, -0.05) is 0 Å². The van der Waals surface area contributed by atoms with Gasteiger partial charge in [-0.3, -0.25) is 0 Å². The van der Waals surface area contributed by atoms with Crippen LogP contribution in [0.15, 0.2) is 22.7 Å². The normalized spacial score (nSPS) is 10.2. The lowest BCUT2D eigenvalue weighted by molar-refractivity contribution is 0.0593. The fourth-order valence-electron chi connectivity index (χ4n) is 1.49. The van der Waals surface area contributed by atoms with Crippen molar-refractivity contribution in [3.8, 4) is 17.2 Å². The minimum Gasteiger partial charge on any atom is -0.480 e. The number of esters is 1. The van der Waals surface area contributed by atoms with E-state index in [2.05, 4.69) is 14.7 Å². The van der Waals surface area contributed by atoms with Crippen molar-refractivity contribution in [3.63, 3.8) is 0 Å². The van der Waals surface area contributed by atoms with Gasteiger partial charge >= 0.3 is 5.97 Å². The third-order valence-electron chi connectivity index (χ3n) is 2.33. The summed E-state index contributed by atoms with van der Waals surface area (Å²) >= 11 is 0. The van der Waals surface area contributed by atoms with Gasteiger partial charge in [0.2, 0.25) is 5.88 Å². The number of hydrogen-bond acceptors (Lipinski definition) is 6. The minimum atomic E-state index is -0.520. The predicted molar refractivity (Wildman–Crippen MR) is 62.4 cm³/mol. The molecule has 2 aromatic rings. The van der Waals surface area contributed by atoms with Crippen molar-refractivity contribution in [1.82, 2.24) is 9.97 Å². The summed E-state index contributed by atoms with van der Waals surface area (Å²) < 4.78 is 15.1. The van der Waals surface area contributed by atoms with E-state index in [1.165, 1.54) is 14.2 Å². The van der Waals surface area contributed by atoms with E-state index in [0.29, 0.717) is 17.2 Å². The smallest absolute Gasteiger partial charge is 0.356 e. The molecule has 0 saturated carbocycles. The van der Waals surface area contributed by atoms with Crippen molar-refractivity contribution >= 4 is 5.97 Å². The molecule has 0 aromatic carbocycles. The summed E-state index contributed by atoms with van der Waals surface area (Å²) in [5.41, 5.74) is 0.806. The van der Waals surface area contributed by atoms with E-state index < -0.39 is 5.97 Å². The quantitative estimate of drug-likeness (QED) is 0.771. The lowest BCUT2D eigenvalue weighted by atomic mass is 10.2. The maximum Gasteiger partial charge on any atom is 0.356 e. The summed E-state index contributed by atoms with van der Waals surface area (Å²) in [5, 5.41) is 0. The Morgan fingerprint density at radius 2 is 2.11 bits per heavy atom. The van der Waals surface area contributed by atoms with Crippen molar-refractivity contribution in [2.24, 2.45) is 0 Å². The molecule has 0 bridgehead atoms. The summed E-state index contributed by atoms with van der Waals surface area (Å²) in [5.74, 6) is 0.847. The predicted octanol–water partition coefficient (Wildman–Crippen LogP) is 1.84. The number of oxazole rings is 1. The first kappa shape index (κ1) is 12.1. The number of pyridine rings is 1. The van der Waals surface area contributed by atoms with Crippen LogP contribution >= 0.6 is 0 Å². The Labute approximate surface area is 104 Å². The molecule has 0 N–H and O–H groups in total. The van der Waals surface area contributed by atoms with Crippen LogP contribution in [0.5, 0.6) is 5.88 Å². The molecule has 0 amide bonds. The SMILES string of the molecule is COC(=O)c1ccc(-c2cnc(C)o2)c(OC)n1. The van der Waals surface area contributed by atoms with Crippen molar-refractivity contribution in [1.29, 1.82) is 0 Å². The van der Waals surface area contributed by atoms with Crippen molar-refractivity contribution in [2.75, 3.05) is 14.2 Å². The number of aromatic nitrogens is 2. The molecule has 0 aliphatic heterocycles. The molecule has 6 heteroatoms. The van der Waals surface area contributed by atoms with Crippen LogP contribution in [0.1, 0.15) is 16.4 Å². The monoisotopic (exact) mass is 248 g/mol. The Morgan fingerprint density at radius 1 is 1.33 bits per heavy atom. The molecule has 0 spiro atoms. The van der Waals surface area contributed by atoms with Crippen LogP contribution in [0.2, 0.25) is 0 Å². The second-order valence-electron chi connectivity index (χ2n) is 3.49. The van der Waals surface area contributed by atoms with E-state index in [1.54, 1.807) is 25.3 Å². The zero-order valence-electron chi connectivity index (χ0n) is 10.3. The lowest BCUT2D eigenvalue weighted by Crippen LogP contribution is -2.05. The Morgan fingerprint density at radius 3 is 2.67 bits per heavy atom. The third kappa shape index (κ3) is 2.17. The van der Waals surface area contributed by atoms with Crippen LogP contribution in [-0.4, -0.2) is 30.2 Å². The second kappa shape index (κ2) is 4.87. The first-order valence-electron chi connectivity index (χ1n) is 5.22. The van der Waals surface area contributed by atoms with E-state index >= 15 is 0 Å². The highest BCUT2D eigenvalue weighted by molar-refractivity contribution is 5.88. The number of aryl methyl sites for hydroxylation is 1. The zero-order chi connectivity index (χ0) is 13.1. The van der Waals surface area contributed by atoms with Gasteiger partial charge in [-0.15, -0.1) is 0 Å². The fraction of sp³-hybridized carbons (Fsp3) is 0.250. The highest BCUT2D eigenvalue weighted by Crippen LogP contribution is 2.28. The molecule has 2 heterocycles. The molecule has 0 fully saturated rings. The number of carbonyl (C=O) groups excluding carboxylic acids is 1. The molecular weight excluding hydrogens is 236 g/mol. The number of rotatable bonds is 3. The van der Waals surface area contributed by atoms with Gasteiger partial charge < -0.3 is 13.9 Å². The zero-order valence-corrected chi connectivity index (χ0v) is 10.3. The Kier molecular flexibility index (Phi) is 3.27. The first-order valence-corrected chi connectivity index (χ1v) is 5.22. The molecular formula is C12H12N2O4. The van der Waals surface area contributed by atoms with Gasteiger partial charge in [0.05, 0.1) is 26.0 Å². The average molecular weight is 248 g/mol. The average Bonchev–Trinajstić information content (AvgIpc) is 2.83. The molecule has 0 unspecified atom stereocenters. The summed E-state index contributed by atoms with van der Waals surface area (Å²) in [6, 6.07) is 3.22. The van der Waals surface area contributed by atoms with Gasteiger partial charge in [-0.2, -0.15) is 0 Å². The Balaban J connectivity index is 2.46. The molecule has 0 atom stereocenters. The number of methoxy groups -OCH3 is 2. The van der Waals surface area contributed by atoms with E-state index in [1.807, 2.05) is 0 Å². The molecule has 2 aromatic heterocycles. The summed E-state index contributed by atoms with van der Waals surface area (Å²) in [7, 11) is 2.76. The minimum absolute atomic E-state index is 0.175. The highest BCUT2D eigenvalue weighted by Gasteiger charge is 2.15. The van der Waals surface area contributed by atoms with Crippen LogP contribution < -0.4 is 4.74 Å². The van der Waals surface area contributed by atoms with E-state index in [0.717, 1.165) is 0 Å². The Hall–Kier alpha value is -2.37. The number of hydrogen-bond donors (Lipinski definition) is 0. The van der Waals surface area contributed by atoms with Crippen LogP contribution in [0.25, 0.3) is 11.3 Å². The van der Waals surface area contributed by atoms with Crippen LogP contribution in [0, 0.1) is 6.92 Å². The topological polar surface area (TPSA) is 74.5 Å². The van der Waals surface area contributed by atoms with Gasteiger partial charge in [-0.05, 0) is 12.1 Å². The van der Waals surface area contributed by atoms with Crippen LogP contribution in [0.3, 0.4) is 0 Å². The summed E-state index contributed by atoms with van der Waals surface area (Å²) in [6.45, 7) is 1.74. The molecule has 0 aliphatic rings. The molecule has 18 heavy (non-hydrogen) atoms. The highest BCUT2D eigenvalue weighted by atomic mass is 16.5. The van der Waals surface area contributed by atoms with E-state index in [9.17, 15) is 4.79 Å². The first-order chi connectivity index (χ1) is 8.65. The van der Waals surface area contributed by atoms with Crippen molar-refractivity contribution in [2.45, 2.75) is 6.92 Å². The van der Waals surface area contributed by atoms with Crippen molar-refractivity contribution in [3.05, 3.63) is 29.9 Å². The third-order valence-corrected chi connectivity index (χ3v) is 2.33. The standard InChI is InChI=1S/C12H12N2O4/c1-7-13-6-10(18-7)8-4-5-9(12(15)17-3)14-11(8)16-2/h4-6H,1-3H3. The van der Waals surface area contributed by atoms with Gasteiger partial charge in [-0.25, -0.2) is 14.8 Å². The van der Waals surface area contributed by atoms with Gasteiger partial charge in [0, 0.05) is 6.92 Å². The molecule has 94 valence electrons. The van der Waals surface area contributed by atoms with Crippen molar-refractivity contribution < 1.29 is 18.7 Å².